The summed E-state index contributed by atoms with van der Waals surface area (Å²) in [7, 11) is 1.61. The Morgan fingerprint density at radius 1 is 1.04 bits per heavy atom. The molecule has 0 fully saturated rings. The Hall–Kier alpha value is -2.69. The van der Waals surface area contributed by atoms with E-state index in [1.54, 1.807) is 31.4 Å². The van der Waals surface area contributed by atoms with Gasteiger partial charge >= 0.3 is 0 Å². The average Bonchev–Trinajstić information content (AvgIpc) is 2.61. The molecule has 0 aliphatic carbocycles. The van der Waals surface area contributed by atoms with Crippen LogP contribution < -0.4 is 20.1 Å². The number of benzene rings is 2. The molecule has 24 heavy (non-hydrogen) atoms. The molecule has 128 valence electrons. The number of rotatable bonds is 9. The zero-order chi connectivity index (χ0) is 17.2. The van der Waals surface area contributed by atoms with Crippen molar-refractivity contribution in [2.45, 2.75) is 19.8 Å². The second-order valence-corrected chi connectivity index (χ2v) is 5.36. The van der Waals surface area contributed by atoms with Crippen molar-refractivity contribution in [1.82, 2.24) is 0 Å². The minimum absolute atomic E-state index is 0.113. The normalized spacial score (nSPS) is 10.1. The summed E-state index contributed by atoms with van der Waals surface area (Å²) in [6, 6.07) is 14.9. The topological polar surface area (TPSA) is 59.6 Å². The number of hydrogen-bond donors (Lipinski definition) is 2. The summed E-state index contributed by atoms with van der Waals surface area (Å²) in [6.45, 7) is 3.02. The van der Waals surface area contributed by atoms with Gasteiger partial charge < -0.3 is 20.1 Å². The van der Waals surface area contributed by atoms with Crippen LogP contribution in [0.5, 0.6) is 11.5 Å². The zero-order valence-corrected chi connectivity index (χ0v) is 14.2. The second-order valence-electron chi connectivity index (χ2n) is 5.36. The van der Waals surface area contributed by atoms with Crippen molar-refractivity contribution in [3.05, 3.63) is 48.5 Å². The Morgan fingerprint density at radius 2 is 1.83 bits per heavy atom. The molecule has 0 heterocycles. The molecule has 0 saturated heterocycles. The van der Waals surface area contributed by atoms with Crippen LogP contribution in [0.15, 0.2) is 48.5 Å². The lowest BCUT2D eigenvalue weighted by Gasteiger charge is -2.10. The van der Waals surface area contributed by atoms with Gasteiger partial charge in [-0.25, -0.2) is 0 Å². The molecule has 1 amide bonds. The SMILES string of the molecule is CCCCOc1cccc(NCC(=O)Nc2ccc(OC)cc2)c1. The Bertz CT molecular complexity index is 641. The second kappa shape index (κ2) is 9.45. The van der Waals surface area contributed by atoms with Crippen LogP contribution in [-0.2, 0) is 4.79 Å². The molecule has 0 aliphatic heterocycles. The maximum atomic E-state index is 12.0. The first-order valence-corrected chi connectivity index (χ1v) is 8.12. The van der Waals surface area contributed by atoms with E-state index in [0.717, 1.165) is 35.7 Å². The van der Waals surface area contributed by atoms with Crippen LogP contribution in [0.2, 0.25) is 0 Å². The lowest BCUT2D eigenvalue weighted by molar-refractivity contribution is -0.114. The molecule has 5 heteroatoms. The number of anilines is 2. The fourth-order valence-corrected chi connectivity index (χ4v) is 2.09. The number of nitrogens with one attached hydrogen (secondary N) is 2. The molecule has 2 N–H and O–H groups in total. The lowest BCUT2D eigenvalue weighted by atomic mass is 10.3. The third kappa shape index (κ3) is 5.83. The van der Waals surface area contributed by atoms with Gasteiger partial charge in [0.15, 0.2) is 0 Å². The van der Waals surface area contributed by atoms with Gasteiger partial charge in [0.25, 0.3) is 0 Å². The highest BCUT2D eigenvalue weighted by Gasteiger charge is 2.03. The van der Waals surface area contributed by atoms with Crippen LogP contribution in [0.3, 0.4) is 0 Å². The number of carbonyl (C=O) groups excluding carboxylic acids is 1. The van der Waals surface area contributed by atoms with Gasteiger partial charge in [0, 0.05) is 17.4 Å². The van der Waals surface area contributed by atoms with Gasteiger partial charge in [-0.15, -0.1) is 0 Å². The first-order valence-electron chi connectivity index (χ1n) is 8.12. The molecule has 0 aromatic heterocycles. The average molecular weight is 328 g/mol. The summed E-state index contributed by atoms with van der Waals surface area (Å²) in [4.78, 5) is 12.0. The minimum Gasteiger partial charge on any atom is -0.497 e. The van der Waals surface area contributed by atoms with Crippen molar-refractivity contribution in [3.63, 3.8) is 0 Å². The molecule has 0 spiro atoms. The van der Waals surface area contributed by atoms with E-state index in [9.17, 15) is 4.79 Å². The van der Waals surface area contributed by atoms with Crippen molar-refractivity contribution < 1.29 is 14.3 Å². The van der Waals surface area contributed by atoms with Gasteiger partial charge in [0.2, 0.25) is 5.91 Å². The number of ether oxygens (including phenoxy) is 2. The van der Waals surface area contributed by atoms with E-state index in [4.69, 9.17) is 9.47 Å². The standard InChI is InChI=1S/C19H24N2O3/c1-3-4-12-24-18-7-5-6-16(13-18)20-14-19(22)21-15-8-10-17(23-2)11-9-15/h5-11,13,20H,3-4,12,14H2,1-2H3,(H,21,22). The third-order valence-electron chi connectivity index (χ3n) is 3.43. The molecule has 0 radical (unpaired) electrons. The van der Waals surface area contributed by atoms with Gasteiger partial charge in [-0.3, -0.25) is 4.79 Å². The fourth-order valence-electron chi connectivity index (χ4n) is 2.09. The summed E-state index contributed by atoms with van der Waals surface area (Å²) < 4.78 is 10.7. The highest BCUT2D eigenvalue weighted by atomic mass is 16.5. The molecular formula is C19H24N2O3. The maximum absolute atomic E-state index is 12.0. The van der Waals surface area contributed by atoms with Gasteiger partial charge in [0.05, 0.1) is 20.3 Å². The van der Waals surface area contributed by atoms with Crippen LogP contribution in [0.1, 0.15) is 19.8 Å². The summed E-state index contributed by atoms with van der Waals surface area (Å²) in [5, 5.41) is 5.93. The Morgan fingerprint density at radius 3 is 2.54 bits per heavy atom. The van der Waals surface area contributed by atoms with E-state index in [1.807, 2.05) is 24.3 Å². The Labute approximate surface area is 143 Å². The number of unbranched alkanes of at least 4 members (excludes halogenated alkanes) is 1. The van der Waals surface area contributed by atoms with Crippen LogP contribution in [0.25, 0.3) is 0 Å². The van der Waals surface area contributed by atoms with Gasteiger partial charge in [-0.05, 0) is 42.8 Å². The highest BCUT2D eigenvalue weighted by molar-refractivity contribution is 5.93. The fraction of sp³-hybridized carbons (Fsp3) is 0.316. The molecule has 0 atom stereocenters. The first kappa shape index (κ1) is 17.7. The van der Waals surface area contributed by atoms with E-state index >= 15 is 0 Å². The summed E-state index contributed by atoms with van der Waals surface area (Å²) in [5.74, 6) is 1.45. The largest absolute Gasteiger partial charge is 0.497 e. The quantitative estimate of drug-likeness (QED) is 0.685. The minimum atomic E-state index is -0.113. The van der Waals surface area contributed by atoms with Crippen molar-refractivity contribution in [2.75, 3.05) is 30.9 Å². The Kier molecular flexibility index (Phi) is 6.95. The predicted molar refractivity (Wildman–Crippen MR) is 97.0 cm³/mol. The molecule has 5 nitrogen and oxygen atoms in total. The molecule has 0 saturated carbocycles. The van der Waals surface area contributed by atoms with E-state index in [2.05, 4.69) is 17.6 Å². The number of amides is 1. The molecule has 2 aromatic rings. The van der Waals surface area contributed by atoms with Crippen LogP contribution in [0, 0.1) is 0 Å². The molecule has 0 bridgehead atoms. The zero-order valence-electron chi connectivity index (χ0n) is 14.2. The number of hydrogen-bond acceptors (Lipinski definition) is 4. The summed E-state index contributed by atoms with van der Waals surface area (Å²) in [6.07, 6.45) is 2.13. The predicted octanol–water partition coefficient (Wildman–Crippen LogP) is 3.92. The molecular weight excluding hydrogens is 304 g/mol. The first-order chi connectivity index (χ1) is 11.7. The van der Waals surface area contributed by atoms with Crippen molar-refractivity contribution >= 4 is 17.3 Å². The van der Waals surface area contributed by atoms with Crippen molar-refractivity contribution in [3.8, 4) is 11.5 Å². The molecule has 2 aromatic carbocycles. The maximum Gasteiger partial charge on any atom is 0.243 e. The smallest absolute Gasteiger partial charge is 0.243 e. The van der Waals surface area contributed by atoms with Gasteiger partial charge in [-0.2, -0.15) is 0 Å². The van der Waals surface area contributed by atoms with Gasteiger partial charge in [-0.1, -0.05) is 19.4 Å². The molecule has 0 unspecified atom stereocenters. The summed E-state index contributed by atoms with van der Waals surface area (Å²) in [5.41, 5.74) is 1.59. The third-order valence-corrected chi connectivity index (χ3v) is 3.43. The van der Waals surface area contributed by atoms with Crippen LogP contribution in [0.4, 0.5) is 11.4 Å². The lowest BCUT2D eigenvalue weighted by Crippen LogP contribution is -2.21. The molecule has 0 aliphatic rings. The summed E-state index contributed by atoms with van der Waals surface area (Å²) >= 11 is 0. The van der Waals surface area contributed by atoms with Crippen LogP contribution >= 0.6 is 0 Å². The van der Waals surface area contributed by atoms with Crippen molar-refractivity contribution in [1.29, 1.82) is 0 Å². The van der Waals surface area contributed by atoms with Crippen LogP contribution in [-0.4, -0.2) is 26.2 Å². The monoisotopic (exact) mass is 328 g/mol. The van der Waals surface area contributed by atoms with E-state index < -0.39 is 0 Å². The van der Waals surface area contributed by atoms with E-state index in [0.29, 0.717) is 6.61 Å². The highest BCUT2D eigenvalue weighted by Crippen LogP contribution is 2.18. The Balaban J connectivity index is 1.81. The number of carbonyl (C=O) groups is 1. The van der Waals surface area contributed by atoms with Crippen molar-refractivity contribution in [2.24, 2.45) is 0 Å². The molecule has 2 rings (SSSR count). The van der Waals surface area contributed by atoms with E-state index in [-0.39, 0.29) is 12.5 Å². The number of methoxy groups -OCH3 is 1. The van der Waals surface area contributed by atoms with E-state index in [1.165, 1.54) is 0 Å². The van der Waals surface area contributed by atoms with Gasteiger partial charge in [0.1, 0.15) is 11.5 Å².